The lowest BCUT2D eigenvalue weighted by atomic mass is 10.1. The van der Waals surface area contributed by atoms with Gasteiger partial charge in [-0.3, -0.25) is 4.79 Å². The molecule has 1 aromatic heterocycles. The zero-order valence-corrected chi connectivity index (χ0v) is 16.3. The highest BCUT2D eigenvalue weighted by Gasteiger charge is 2.30. The Bertz CT molecular complexity index is 1050. The molecule has 0 unspecified atom stereocenters. The highest BCUT2D eigenvalue weighted by molar-refractivity contribution is 7.17. The maximum Gasteiger partial charge on any atom is 0.416 e. The molecule has 0 atom stereocenters. The van der Waals surface area contributed by atoms with Gasteiger partial charge in [0.25, 0.3) is 0 Å². The molecule has 0 spiro atoms. The van der Waals surface area contributed by atoms with Crippen LogP contribution in [0.5, 0.6) is 5.75 Å². The van der Waals surface area contributed by atoms with Crippen LogP contribution in [0.2, 0.25) is 10.0 Å². The maximum absolute atomic E-state index is 12.7. The molecule has 0 saturated carbocycles. The summed E-state index contributed by atoms with van der Waals surface area (Å²) in [5.74, 6) is -0.446. The zero-order valence-electron chi connectivity index (χ0n) is 13.9. The molecule has 1 N–H and O–H groups in total. The average molecular weight is 443 g/mol. The number of carbonyl (C=O) groups excluding carboxylic acids is 1. The molecule has 144 valence electrons. The van der Waals surface area contributed by atoms with Crippen LogP contribution in [0, 0.1) is 0 Å². The number of phenols is 1. The first kappa shape index (κ1) is 20.5. The first-order valence-electron chi connectivity index (χ1n) is 7.83. The van der Waals surface area contributed by atoms with Gasteiger partial charge in [0.1, 0.15) is 10.8 Å². The summed E-state index contributed by atoms with van der Waals surface area (Å²) in [5.41, 5.74) is 0.336. The molecule has 1 heterocycles. The quantitative estimate of drug-likeness (QED) is 0.338. The van der Waals surface area contributed by atoms with Crippen molar-refractivity contribution in [2.24, 2.45) is 0 Å². The van der Waals surface area contributed by atoms with E-state index in [1.165, 1.54) is 47.8 Å². The van der Waals surface area contributed by atoms with Crippen molar-refractivity contribution in [2.45, 2.75) is 6.18 Å². The fraction of sp³-hybridized carbons (Fsp3) is 0.0500. The number of carbonyl (C=O) groups is 1. The van der Waals surface area contributed by atoms with Gasteiger partial charge in [-0.15, -0.1) is 11.3 Å². The molecule has 0 bridgehead atoms. The summed E-state index contributed by atoms with van der Waals surface area (Å²) in [6.45, 7) is 0. The lowest BCUT2D eigenvalue weighted by Gasteiger charge is -2.06. The normalized spacial score (nSPS) is 11.9. The lowest BCUT2D eigenvalue weighted by molar-refractivity contribution is -0.137. The summed E-state index contributed by atoms with van der Waals surface area (Å²) in [5, 5.41) is 9.61. The fourth-order valence-corrected chi connectivity index (χ4v) is 3.71. The van der Waals surface area contributed by atoms with Crippen molar-refractivity contribution < 1.29 is 23.1 Å². The van der Waals surface area contributed by atoms with E-state index in [1.807, 2.05) is 0 Å². The second-order valence-electron chi connectivity index (χ2n) is 5.74. The molecule has 8 heteroatoms. The molecule has 0 fully saturated rings. The fourth-order valence-electron chi connectivity index (χ4n) is 2.38. The monoisotopic (exact) mass is 442 g/mol. The van der Waals surface area contributed by atoms with Gasteiger partial charge in [-0.25, -0.2) is 0 Å². The summed E-state index contributed by atoms with van der Waals surface area (Å²) in [6.07, 6.45) is -1.59. The third-order valence-corrected chi connectivity index (χ3v) is 5.89. The van der Waals surface area contributed by atoms with Crippen LogP contribution >= 0.6 is 34.5 Å². The van der Waals surface area contributed by atoms with Crippen LogP contribution in [0.4, 0.5) is 13.2 Å². The number of allylic oxidation sites excluding steroid dienone is 1. The second kappa shape index (κ2) is 7.99. The van der Waals surface area contributed by atoms with Gasteiger partial charge >= 0.3 is 6.18 Å². The van der Waals surface area contributed by atoms with Gasteiger partial charge in [0, 0.05) is 4.88 Å². The Morgan fingerprint density at radius 1 is 0.964 bits per heavy atom. The van der Waals surface area contributed by atoms with Crippen molar-refractivity contribution in [3.8, 4) is 16.2 Å². The first-order chi connectivity index (χ1) is 13.2. The van der Waals surface area contributed by atoms with Crippen molar-refractivity contribution in [3.63, 3.8) is 0 Å². The highest BCUT2D eigenvalue weighted by atomic mass is 35.5. The molecule has 0 aliphatic rings. The van der Waals surface area contributed by atoms with E-state index in [2.05, 4.69) is 0 Å². The van der Waals surface area contributed by atoms with Gasteiger partial charge in [0.15, 0.2) is 5.78 Å². The van der Waals surface area contributed by atoms with E-state index in [9.17, 15) is 23.1 Å². The standard InChI is InChI=1S/C20H11Cl2F3O2S/c21-18-12(4-8-15(27)19(18)22)3-7-14(26)17-10-9-16(28-17)11-1-5-13(6-2-11)20(23,24)25/h1-10,27H/b7-3+. The van der Waals surface area contributed by atoms with E-state index in [4.69, 9.17) is 23.2 Å². The number of aromatic hydroxyl groups is 1. The Kier molecular flexibility index (Phi) is 5.84. The van der Waals surface area contributed by atoms with Gasteiger partial charge < -0.3 is 5.11 Å². The number of alkyl halides is 3. The van der Waals surface area contributed by atoms with E-state index in [0.29, 0.717) is 20.9 Å². The first-order valence-corrected chi connectivity index (χ1v) is 9.41. The Morgan fingerprint density at radius 2 is 1.64 bits per heavy atom. The molecule has 3 aromatic rings. The Labute approximate surface area is 172 Å². The maximum atomic E-state index is 12.7. The Balaban J connectivity index is 1.78. The summed E-state index contributed by atoms with van der Waals surface area (Å²) in [7, 11) is 0. The van der Waals surface area contributed by atoms with Gasteiger partial charge in [0.05, 0.1) is 15.5 Å². The number of phenolic OH excluding ortho intramolecular Hbond substituents is 1. The zero-order chi connectivity index (χ0) is 20.5. The SMILES string of the molecule is O=C(/C=C/c1ccc(O)c(Cl)c1Cl)c1ccc(-c2ccc(C(F)(F)F)cc2)s1. The van der Waals surface area contributed by atoms with E-state index in [-0.39, 0.29) is 21.6 Å². The topological polar surface area (TPSA) is 37.3 Å². The molecule has 0 saturated heterocycles. The lowest BCUT2D eigenvalue weighted by Crippen LogP contribution is -2.03. The van der Waals surface area contributed by atoms with Crippen LogP contribution in [-0.4, -0.2) is 10.9 Å². The summed E-state index contributed by atoms with van der Waals surface area (Å²) >= 11 is 13.1. The third-order valence-electron chi connectivity index (χ3n) is 3.85. The van der Waals surface area contributed by atoms with E-state index < -0.39 is 11.7 Å². The van der Waals surface area contributed by atoms with Crippen molar-refractivity contribution in [2.75, 3.05) is 0 Å². The molecular weight excluding hydrogens is 432 g/mol. The molecule has 0 amide bonds. The number of benzene rings is 2. The largest absolute Gasteiger partial charge is 0.506 e. The molecule has 28 heavy (non-hydrogen) atoms. The third kappa shape index (κ3) is 4.41. The van der Waals surface area contributed by atoms with Crippen LogP contribution in [0.15, 0.2) is 54.6 Å². The van der Waals surface area contributed by atoms with E-state index >= 15 is 0 Å². The van der Waals surface area contributed by atoms with Crippen LogP contribution in [0.1, 0.15) is 20.8 Å². The molecular formula is C20H11Cl2F3O2S. The van der Waals surface area contributed by atoms with Crippen molar-refractivity contribution in [1.82, 2.24) is 0 Å². The predicted octanol–water partition coefficient (Wildman–Crippen LogP) is 7.34. The minimum absolute atomic E-state index is 0.00280. The summed E-state index contributed by atoms with van der Waals surface area (Å²) in [4.78, 5) is 13.5. The molecule has 3 rings (SSSR count). The molecule has 0 aliphatic carbocycles. The second-order valence-corrected chi connectivity index (χ2v) is 7.58. The molecule has 0 radical (unpaired) electrons. The van der Waals surface area contributed by atoms with Gasteiger partial charge in [-0.05, 0) is 59.7 Å². The number of hydrogen-bond acceptors (Lipinski definition) is 3. The molecule has 2 aromatic carbocycles. The number of halogens is 5. The Hall–Kier alpha value is -2.28. The molecule has 2 nitrogen and oxygen atoms in total. The smallest absolute Gasteiger partial charge is 0.416 e. The van der Waals surface area contributed by atoms with Crippen LogP contribution in [0.25, 0.3) is 16.5 Å². The highest BCUT2D eigenvalue weighted by Crippen LogP contribution is 2.35. The van der Waals surface area contributed by atoms with Crippen molar-refractivity contribution in [3.05, 3.63) is 80.7 Å². The van der Waals surface area contributed by atoms with Crippen LogP contribution in [0.3, 0.4) is 0 Å². The van der Waals surface area contributed by atoms with Crippen LogP contribution in [-0.2, 0) is 6.18 Å². The predicted molar refractivity (Wildman–Crippen MR) is 106 cm³/mol. The van der Waals surface area contributed by atoms with Crippen LogP contribution < -0.4 is 0 Å². The van der Waals surface area contributed by atoms with Gasteiger partial charge in [-0.2, -0.15) is 13.2 Å². The summed E-state index contributed by atoms with van der Waals surface area (Å²) in [6, 6.07) is 10.9. The Morgan fingerprint density at radius 3 is 2.29 bits per heavy atom. The molecule has 0 aliphatic heterocycles. The minimum atomic E-state index is -4.39. The van der Waals surface area contributed by atoms with E-state index in [0.717, 1.165) is 12.1 Å². The summed E-state index contributed by atoms with van der Waals surface area (Å²) < 4.78 is 38.0. The number of thiophene rings is 1. The number of rotatable bonds is 4. The van der Waals surface area contributed by atoms with Gasteiger partial charge in [-0.1, -0.05) is 35.3 Å². The number of ketones is 1. The van der Waals surface area contributed by atoms with Crippen molar-refractivity contribution in [1.29, 1.82) is 0 Å². The number of hydrogen-bond donors (Lipinski definition) is 1. The minimum Gasteiger partial charge on any atom is -0.506 e. The van der Waals surface area contributed by atoms with E-state index in [1.54, 1.807) is 12.1 Å². The van der Waals surface area contributed by atoms with Gasteiger partial charge in [0.2, 0.25) is 0 Å². The average Bonchev–Trinajstić information content (AvgIpc) is 3.15. The van der Waals surface area contributed by atoms with Crippen molar-refractivity contribution >= 4 is 46.4 Å².